The Morgan fingerprint density at radius 3 is 3.08 bits per heavy atom. The summed E-state index contributed by atoms with van der Waals surface area (Å²) in [5, 5.41) is 4.22. The lowest BCUT2D eigenvalue weighted by Crippen LogP contribution is -2.31. The summed E-state index contributed by atoms with van der Waals surface area (Å²) in [4.78, 5) is 18.5. The van der Waals surface area contributed by atoms with Crippen molar-refractivity contribution in [2.45, 2.75) is 19.1 Å². The molecule has 26 heavy (non-hydrogen) atoms. The molecule has 3 atom stereocenters. The average Bonchev–Trinajstić information content (AvgIpc) is 3.35. The second kappa shape index (κ2) is 7.55. The molecule has 2 aliphatic rings. The van der Waals surface area contributed by atoms with Crippen LogP contribution in [-0.2, 0) is 23.1 Å². The highest BCUT2D eigenvalue weighted by Gasteiger charge is 2.45. The fraction of sp³-hybridized carbons (Fsp3) is 0.526. The maximum Gasteiger partial charge on any atom is 0.274 e. The van der Waals surface area contributed by atoms with E-state index in [4.69, 9.17) is 9.47 Å². The summed E-state index contributed by atoms with van der Waals surface area (Å²) in [6, 6.07) is 5.70. The molecule has 1 amide bonds. The SMILES string of the molecule is Cn1ccc(C(=O)N2C[C@@H]3[C@H](CCOCc4cccnc4)CO[C@@H]3C2)n1. The van der Waals surface area contributed by atoms with E-state index in [9.17, 15) is 4.79 Å². The van der Waals surface area contributed by atoms with Crippen molar-refractivity contribution in [1.82, 2.24) is 19.7 Å². The van der Waals surface area contributed by atoms with Gasteiger partial charge in [0.25, 0.3) is 5.91 Å². The van der Waals surface area contributed by atoms with Crippen LogP contribution in [0.3, 0.4) is 0 Å². The van der Waals surface area contributed by atoms with Crippen molar-refractivity contribution in [3.63, 3.8) is 0 Å². The summed E-state index contributed by atoms with van der Waals surface area (Å²) >= 11 is 0. The van der Waals surface area contributed by atoms with Gasteiger partial charge in [-0.25, -0.2) is 0 Å². The van der Waals surface area contributed by atoms with Gasteiger partial charge in [0.1, 0.15) is 5.69 Å². The molecule has 7 heteroatoms. The first-order valence-electron chi connectivity index (χ1n) is 9.08. The predicted octanol–water partition coefficient (Wildman–Crippen LogP) is 1.51. The highest BCUT2D eigenvalue weighted by atomic mass is 16.5. The molecule has 0 unspecified atom stereocenters. The van der Waals surface area contributed by atoms with Gasteiger partial charge in [0, 0.05) is 51.3 Å². The number of nitrogens with zero attached hydrogens (tertiary/aromatic N) is 4. The second-order valence-corrected chi connectivity index (χ2v) is 7.08. The molecule has 0 aromatic carbocycles. The minimum atomic E-state index is -0.00447. The van der Waals surface area contributed by atoms with Crippen molar-refractivity contribution in [3.8, 4) is 0 Å². The van der Waals surface area contributed by atoms with Crippen molar-refractivity contribution >= 4 is 5.91 Å². The van der Waals surface area contributed by atoms with Gasteiger partial charge in [0.2, 0.25) is 0 Å². The van der Waals surface area contributed by atoms with Crippen molar-refractivity contribution in [1.29, 1.82) is 0 Å². The van der Waals surface area contributed by atoms with Crippen LogP contribution in [0.5, 0.6) is 0 Å². The monoisotopic (exact) mass is 356 g/mol. The molecule has 2 aliphatic heterocycles. The lowest BCUT2D eigenvalue weighted by atomic mass is 9.91. The molecule has 7 nitrogen and oxygen atoms in total. The molecule has 0 N–H and O–H groups in total. The van der Waals surface area contributed by atoms with Crippen LogP contribution in [0.2, 0.25) is 0 Å². The van der Waals surface area contributed by atoms with Crippen LogP contribution in [-0.4, -0.2) is 58.0 Å². The van der Waals surface area contributed by atoms with Gasteiger partial charge in [-0.1, -0.05) is 6.07 Å². The maximum atomic E-state index is 12.6. The molecular formula is C19H24N4O3. The number of aromatic nitrogens is 3. The van der Waals surface area contributed by atoms with E-state index in [-0.39, 0.29) is 12.0 Å². The summed E-state index contributed by atoms with van der Waals surface area (Å²) in [5.41, 5.74) is 1.59. The molecule has 2 saturated heterocycles. The zero-order valence-corrected chi connectivity index (χ0v) is 15.0. The van der Waals surface area contributed by atoms with Gasteiger partial charge in [-0.2, -0.15) is 5.10 Å². The molecular weight excluding hydrogens is 332 g/mol. The van der Waals surface area contributed by atoms with E-state index in [1.165, 1.54) is 0 Å². The van der Waals surface area contributed by atoms with Gasteiger partial charge in [0.15, 0.2) is 0 Å². The number of hydrogen-bond donors (Lipinski definition) is 0. The van der Waals surface area contributed by atoms with E-state index in [2.05, 4.69) is 10.1 Å². The number of aryl methyl sites for hydroxylation is 1. The molecule has 2 fully saturated rings. The largest absolute Gasteiger partial charge is 0.377 e. The van der Waals surface area contributed by atoms with Gasteiger partial charge < -0.3 is 14.4 Å². The fourth-order valence-corrected chi connectivity index (χ4v) is 3.86. The molecule has 2 aromatic rings. The van der Waals surface area contributed by atoms with Gasteiger partial charge in [-0.15, -0.1) is 0 Å². The number of ether oxygens (including phenoxy) is 2. The van der Waals surface area contributed by atoms with Crippen molar-refractivity contribution in [2.75, 3.05) is 26.3 Å². The summed E-state index contributed by atoms with van der Waals surface area (Å²) in [6.07, 6.45) is 6.48. The molecule has 0 bridgehead atoms. The van der Waals surface area contributed by atoms with E-state index < -0.39 is 0 Å². The third-order valence-corrected chi connectivity index (χ3v) is 5.28. The number of rotatable bonds is 6. The number of amides is 1. The quantitative estimate of drug-likeness (QED) is 0.734. The number of pyridine rings is 1. The molecule has 0 spiro atoms. The summed E-state index contributed by atoms with van der Waals surface area (Å²) < 4.78 is 13.4. The van der Waals surface area contributed by atoms with Crippen LogP contribution in [0.4, 0.5) is 0 Å². The molecule has 0 saturated carbocycles. The number of carbonyl (C=O) groups excluding carboxylic acids is 1. The van der Waals surface area contributed by atoms with Crippen molar-refractivity contribution in [3.05, 3.63) is 48.0 Å². The van der Waals surface area contributed by atoms with E-state index in [0.717, 1.165) is 25.1 Å². The zero-order valence-electron chi connectivity index (χ0n) is 15.0. The average molecular weight is 356 g/mol. The molecule has 138 valence electrons. The van der Waals surface area contributed by atoms with Gasteiger partial charge in [-0.05, 0) is 30.0 Å². The number of carbonyl (C=O) groups is 1. The van der Waals surface area contributed by atoms with Gasteiger partial charge >= 0.3 is 0 Å². The van der Waals surface area contributed by atoms with E-state index in [0.29, 0.717) is 37.3 Å². The lowest BCUT2D eigenvalue weighted by Gasteiger charge is -2.19. The minimum Gasteiger partial charge on any atom is -0.377 e. The van der Waals surface area contributed by atoms with Gasteiger partial charge in [-0.3, -0.25) is 14.5 Å². The standard InChI is InChI=1S/C19H24N4O3/c1-22-7-4-17(21-22)19(24)23-10-16-15(13-26-18(16)11-23)5-8-25-12-14-3-2-6-20-9-14/h2-4,6-7,9,15-16,18H,5,8,10-13H2,1H3/t15-,16-,18-/m1/s1. The Labute approximate surface area is 152 Å². The number of likely N-dealkylation sites (tertiary alicyclic amines) is 1. The summed E-state index contributed by atoms with van der Waals surface area (Å²) in [6.45, 7) is 3.44. The van der Waals surface area contributed by atoms with E-state index >= 15 is 0 Å². The van der Waals surface area contributed by atoms with E-state index in [1.54, 1.807) is 23.1 Å². The maximum absolute atomic E-state index is 12.6. The molecule has 0 radical (unpaired) electrons. The molecule has 4 heterocycles. The molecule has 0 aliphatic carbocycles. The fourth-order valence-electron chi connectivity index (χ4n) is 3.86. The van der Waals surface area contributed by atoms with Gasteiger partial charge in [0.05, 0.1) is 19.3 Å². The first-order chi connectivity index (χ1) is 12.7. The second-order valence-electron chi connectivity index (χ2n) is 7.08. The molecule has 2 aromatic heterocycles. The third-order valence-electron chi connectivity index (χ3n) is 5.28. The summed E-state index contributed by atoms with van der Waals surface area (Å²) in [7, 11) is 1.82. The summed E-state index contributed by atoms with van der Waals surface area (Å²) in [5.74, 6) is 0.829. The Bertz CT molecular complexity index is 748. The zero-order chi connectivity index (χ0) is 17.9. The normalized spacial score (nSPS) is 24.8. The Morgan fingerprint density at radius 2 is 2.31 bits per heavy atom. The Balaban J connectivity index is 1.26. The van der Waals surface area contributed by atoms with Crippen LogP contribution < -0.4 is 0 Å². The van der Waals surface area contributed by atoms with Crippen LogP contribution in [0, 0.1) is 11.8 Å². The first kappa shape index (κ1) is 17.2. The number of hydrogen-bond acceptors (Lipinski definition) is 5. The first-order valence-corrected chi connectivity index (χ1v) is 9.08. The minimum absolute atomic E-state index is 0.00447. The van der Waals surface area contributed by atoms with Crippen LogP contribution in [0.15, 0.2) is 36.8 Å². The highest BCUT2D eigenvalue weighted by molar-refractivity contribution is 5.92. The highest BCUT2D eigenvalue weighted by Crippen LogP contribution is 2.36. The predicted molar refractivity (Wildman–Crippen MR) is 94.3 cm³/mol. The van der Waals surface area contributed by atoms with Crippen LogP contribution in [0.25, 0.3) is 0 Å². The van der Waals surface area contributed by atoms with Crippen LogP contribution >= 0.6 is 0 Å². The van der Waals surface area contributed by atoms with E-state index in [1.807, 2.05) is 30.3 Å². The Morgan fingerprint density at radius 1 is 1.38 bits per heavy atom. The Kier molecular flexibility index (Phi) is 4.99. The number of fused-ring (bicyclic) bond motifs is 1. The Hall–Kier alpha value is -2.25. The van der Waals surface area contributed by atoms with Crippen molar-refractivity contribution < 1.29 is 14.3 Å². The third kappa shape index (κ3) is 3.64. The van der Waals surface area contributed by atoms with Crippen molar-refractivity contribution in [2.24, 2.45) is 18.9 Å². The molecule has 4 rings (SSSR count). The topological polar surface area (TPSA) is 69.5 Å². The lowest BCUT2D eigenvalue weighted by molar-refractivity contribution is 0.0643. The van der Waals surface area contributed by atoms with Crippen LogP contribution in [0.1, 0.15) is 22.5 Å². The smallest absolute Gasteiger partial charge is 0.274 e.